The van der Waals surface area contributed by atoms with E-state index in [0.29, 0.717) is 17.8 Å². The Morgan fingerprint density at radius 1 is 1.21 bits per heavy atom. The fourth-order valence-electron chi connectivity index (χ4n) is 2.06. The summed E-state index contributed by atoms with van der Waals surface area (Å²) in [7, 11) is 0. The van der Waals surface area contributed by atoms with Gasteiger partial charge in [0.25, 0.3) is 0 Å². The van der Waals surface area contributed by atoms with Crippen LogP contribution in [0.5, 0.6) is 0 Å². The molecular weight excluding hydrogens is 266 g/mol. The summed E-state index contributed by atoms with van der Waals surface area (Å²) in [6.45, 7) is 0. The molecule has 1 saturated heterocycles. The Morgan fingerprint density at radius 2 is 2.05 bits per heavy atom. The van der Waals surface area contributed by atoms with Crippen LogP contribution in [0.3, 0.4) is 0 Å². The second-order valence-electron chi connectivity index (χ2n) is 4.41. The van der Waals surface area contributed by atoms with E-state index < -0.39 is 0 Å². The number of anilines is 2. The average Bonchev–Trinajstić information content (AvgIpc) is 3.08. The third-order valence-electron chi connectivity index (χ3n) is 3.02. The Kier molecular flexibility index (Phi) is 3.66. The Hall–Kier alpha value is -1.59. The standard InChI is InChI=1S/C13H14ClN3O2/c14-8-10-6-7-11(18-10)12-16-17-13(19-12)15-9-4-2-1-3-5-9/h1-5,10-11H,6-8H2,(H,15,17)/t10-,11+/m0/s1. The van der Waals surface area contributed by atoms with Crippen LogP contribution in [0.2, 0.25) is 0 Å². The monoisotopic (exact) mass is 279 g/mol. The molecule has 2 heterocycles. The number of benzene rings is 1. The van der Waals surface area contributed by atoms with Gasteiger partial charge in [-0.05, 0) is 25.0 Å². The molecule has 19 heavy (non-hydrogen) atoms. The molecule has 0 bridgehead atoms. The molecule has 1 fully saturated rings. The zero-order valence-corrected chi connectivity index (χ0v) is 11.0. The Balaban J connectivity index is 1.67. The van der Waals surface area contributed by atoms with Gasteiger partial charge in [-0.2, -0.15) is 0 Å². The molecule has 3 rings (SSSR count). The molecular formula is C13H14ClN3O2. The lowest BCUT2D eigenvalue weighted by atomic mass is 10.2. The normalized spacial score (nSPS) is 22.6. The molecule has 0 unspecified atom stereocenters. The van der Waals surface area contributed by atoms with E-state index in [9.17, 15) is 0 Å². The zero-order valence-electron chi connectivity index (χ0n) is 10.3. The van der Waals surface area contributed by atoms with E-state index in [2.05, 4.69) is 15.5 Å². The first-order valence-corrected chi connectivity index (χ1v) is 6.75. The highest BCUT2D eigenvalue weighted by Gasteiger charge is 2.29. The summed E-state index contributed by atoms with van der Waals surface area (Å²) in [6, 6.07) is 10.1. The number of hydrogen-bond acceptors (Lipinski definition) is 5. The summed E-state index contributed by atoms with van der Waals surface area (Å²) >= 11 is 5.77. The number of rotatable bonds is 4. The summed E-state index contributed by atoms with van der Waals surface area (Å²) in [5, 5.41) is 11.0. The molecule has 5 nitrogen and oxygen atoms in total. The van der Waals surface area contributed by atoms with Crippen LogP contribution in [0.1, 0.15) is 24.8 Å². The molecule has 0 saturated carbocycles. The van der Waals surface area contributed by atoms with Crippen LogP contribution in [-0.2, 0) is 4.74 Å². The summed E-state index contributed by atoms with van der Waals surface area (Å²) in [6.07, 6.45) is 1.74. The predicted molar refractivity (Wildman–Crippen MR) is 71.6 cm³/mol. The van der Waals surface area contributed by atoms with Gasteiger partial charge in [0, 0.05) is 11.6 Å². The van der Waals surface area contributed by atoms with Crippen molar-refractivity contribution in [2.45, 2.75) is 25.0 Å². The summed E-state index contributed by atoms with van der Waals surface area (Å²) in [5.74, 6) is 1.01. The van der Waals surface area contributed by atoms with Crippen molar-refractivity contribution in [3.63, 3.8) is 0 Å². The molecule has 100 valence electrons. The van der Waals surface area contributed by atoms with E-state index >= 15 is 0 Å². The maximum Gasteiger partial charge on any atom is 0.320 e. The highest BCUT2D eigenvalue weighted by Crippen LogP contribution is 2.33. The highest BCUT2D eigenvalue weighted by molar-refractivity contribution is 6.18. The van der Waals surface area contributed by atoms with E-state index in [1.165, 1.54) is 0 Å². The third kappa shape index (κ3) is 2.88. The minimum Gasteiger partial charge on any atom is -0.405 e. The molecule has 2 aromatic rings. The van der Waals surface area contributed by atoms with Crippen molar-refractivity contribution < 1.29 is 9.15 Å². The van der Waals surface area contributed by atoms with Gasteiger partial charge in [0.2, 0.25) is 5.89 Å². The van der Waals surface area contributed by atoms with Gasteiger partial charge in [-0.3, -0.25) is 0 Å². The number of nitrogens with zero attached hydrogens (tertiary/aromatic N) is 2. The van der Waals surface area contributed by atoms with E-state index in [4.69, 9.17) is 20.8 Å². The number of nitrogens with one attached hydrogen (secondary N) is 1. The number of ether oxygens (including phenoxy) is 1. The molecule has 2 atom stereocenters. The van der Waals surface area contributed by atoms with Crippen LogP contribution < -0.4 is 5.32 Å². The lowest BCUT2D eigenvalue weighted by molar-refractivity contribution is 0.0412. The minimum absolute atomic E-state index is 0.0871. The van der Waals surface area contributed by atoms with Gasteiger partial charge in [-0.1, -0.05) is 23.3 Å². The summed E-state index contributed by atoms with van der Waals surface area (Å²) in [5.41, 5.74) is 0.906. The van der Waals surface area contributed by atoms with Crippen molar-refractivity contribution in [1.29, 1.82) is 0 Å². The Morgan fingerprint density at radius 3 is 2.79 bits per heavy atom. The maximum absolute atomic E-state index is 5.77. The Labute approximate surface area is 115 Å². The Bertz CT molecular complexity index is 532. The van der Waals surface area contributed by atoms with E-state index in [1.807, 2.05) is 30.3 Å². The molecule has 0 radical (unpaired) electrons. The van der Waals surface area contributed by atoms with E-state index in [-0.39, 0.29) is 12.2 Å². The van der Waals surface area contributed by atoms with E-state index in [0.717, 1.165) is 18.5 Å². The third-order valence-corrected chi connectivity index (χ3v) is 3.36. The van der Waals surface area contributed by atoms with Crippen molar-refractivity contribution in [1.82, 2.24) is 10.2 Å². The number of aromatic nitrogens is 2. The number of para-hydroxylation sites is 1. The van der Waals surface area contributed by atoms with Gasteiger partial charge in [0.15, 0.2) is 0 Å². The van der Waals surface area contributed by atoms with Crippen LogP contribution in [0.15, 0.2) is 34.7 Å². The molecule has 0 aliphatic carbocycles. The van der Waals surface area contributed by atoms with Gasteiger partial charge < -0.3 is 14.5 Å². The van der Waals surface area contributed by atoms with Crippen LogP contribution in [0.4, 0.5) is 11.7 Å². The first-order valence-electron chi connectivity index (χ1n) is 6.22. The van der Waals surface area contributed by atoms with Gasteiger partial charge in [-0.25, -0.2) is 0 Å². The number of halogens is 1. The summed E-state index contributed by atoms with van der Waals surface area (Å²) < 4.78 is 11.3. The van der Waals surface area contributed by atoms with Gasteiger partial charge in [0.05, 0.1) is 6.10 Å². The molecule has 1 aromatic carbocycles. The number of hydrogen-bond donors (Lipinski definition) is 1. The van der Waals surface area contributed by atoms with Crippen molar-refractivity contribution >= 4 is 23.3 Å². The van der Waals surface area contributed by atoms with Gasteiger partial charge in [0.1, 0.15) is 6.10 Å². The average molecular weight is 280 g/mol. The SMILES string of the molecule is ClC[C@@H]1CC[C@H](c2nnc(Nc3ccccc3)o2)O1. The van der Waals surface area contributed by atoms with Crippen LogP contribution in [-0.4, -0.2) is 22.2 Å². The van der Waals surface area contributed by atoms with Gasteiger partial charge >= 0.3 is 6.01 Å². The predicted octanol–water partition coefficient (Wildman–Crippen LogP) is 3.27. The molecule has 1 aromatic heterocycles. The minimum atomic E-state index is -0.137. The number of alkyl halides is 1. The van der Waals surface area contributed by atoms with Crippen molar-refractivity contribution in [2.24, 2.45) is 0 Å². The molecule has 1 aliphatic heterocycles. The smallest absolute Gasteiger partial charge is 0.320 e. The largest absolute Gasteiger partial charge is 0.405 e. The molecule has 0 amide bonds. The van der Waals surface area contributed by atoms with Crippen LogP contribution in [0, 0.1) is 0 Å². The molecule has 0 spiro atoms. The van der Waals surface area contributed by atoms with Crippen LogP contribution in [0.25, 0.3) is 0 Å². The summed E-state index contributed by atoms with van der Waals surface area (Å²) in [4.78, 5) is 0. The topological polar surface area (TPSA) is 60.2 Å². The first-order chi connectivity index (χ1) is 9.35. The quantitative estimate of drug-likeness (QED) is 0.871. The zero-order chi connectivity index (χ0) is 13.1. The van der Waals surface area contributed by atoms with E-state index in [1.54, 1.807) is 0 Å². The second-order valence-corrected chi connectivity index (χ2v) is 4.72. The maximum atomic E-state index is 5.77. The fraction of sp³-hybridized carbons (Fsp3) is 0.385. The second kappa shape index (κ2) is 5.59. The lowest BCUT2D eigenvalue weighted by Gasteiger charge is -2.07. The van der Waals surface area contributed by atoms with Crippen molar-refractivity contribution in [3.8, 4) is 0 Å². The van der Waals surface area contributed by atoms with Gasteiger partial charge in [-0.15, -0.1) is 16.7 Å². The van der Waals surface area contributed by atoms with Crippen LogP contribution >= 0.6 is 11.6 Å². The highest BCUT2D eigenvalue weighted by atomic mass is 35.5. The lowest BCUT2D eigenvalue weighted by Crippen LogP contribution is -2.07. The first kappa shape index (κ1) is 12.4. The van der Waals surface area contributed by atoms with Crippen molar-refractivity contribution in [2.75, 3.05) is 11.2 Å². The fourth-order valence-corrected chi connectivity index (χ4v) is 2.29. The van der Waals surface area contributed by atoms with Crippen molar-refractivity contribution in [3.05, 3.63) is 36.2 Å². The molecule has 1 aliphatic rings. The molecule has 6 heteroatoms. The molecule has 1 N–H and O–H groups in total.